The van der Waals surface area contributed by atoms with Crippen LogP contribution in [0, 0.1) is 5.82 Å². The first-order chi connectivity index (χ1) is 14.6. The molecule has 0 saturated carbocycles. The van der Waals surface area contributed by atoms with Crippen molar-refractivity contribution in [3.8, 4) is 0 Å². The van der Waals surface area contributed by atoms with Crippen LogP contribution in [0.1, 0.15) is 11.3 Å². The van der Waals surface area contributed by atoms with Gasteiger partial charge in [-0.3, -0.25) is 4.79 Å². The third kappa shape index (κ3) is 5.53. The molecule has 1 amide bonds. The fourth-order valence-corrected chi connectivity index (χ4v) is 5.30. The van der Waals surface area contributed by atoms with Crippen LogP contribution >= 0.6 is 34.7 Å². The Hall–Kier alpha value is -2.09. The Morgan fingerprint density at radius 1 is 1.13 bits per heavy atom. The lowest BCUT2D eigenvalue weighted by atomic mass is 10.2. The summed E-state index contributed by atoms with van der Waals surface area (Å²) in [7, 11) is 0. The van der Waals surface area contributed by atoms with E-state index in [9.17, 15) is 9.18 Å². The fourth-order valence-electron chi connectivity index (χ4n) is 3.32. The predicted octanol–water partition coefficient (Wildman–Crippen LogP) is 5.12. The normalized spacial score (nSPS) is 14.2. The van der Waals surface area contributed by atoms with Crippen LogP contribution in [0.2, 0.25) is 5.02 Å². The third-order valence-electron chi connectivity index (χ3n) is 4.94. The van der Waals surface area contributed by atoms with Gasteiger partial charge in [0.2, 0.25) is 5.91 Å². The Morgan fingerprint density at radius 2 is 1.90 bits per heavy atom. The molecule has 1 aliphatic heterocycles. The van der Waals surface area contributed by atoms with Crippen molar-refractivity contribution in [2.75, 3.05) is 31.1 Å². The molecular formula is C22H21ClFN3OS2. The highest BCUT2D eigenvalue weighted by molar-refractivity contribution is 8.00. The molecule has 156 valence electrons. The number of piperazine rings is 1. The first-order valence-electron chi connectivity index (χ1n) is 9.67. The number of hydrogen-bond donors (Lipinski definition) is 0. The lowest BCUT2D eigenvalue weighted by Crippen LogP contribution is -2.49. The van der Waals surface area contributed by atoms with Crippen molar-refractivity contribution < 1.29 is 9.18 Å². The van der Waals surface area contributed by atoms with Gasteiger partial charge >= 0.3 is 0 Å². The lowest BCUT2D eigenvalue weighted by Gasteiger charge is -2.36. The van der Waals surface area contributed by atoms with E-state index in [-0.39, 0.29) is 11.7 Å². The maximum absolute atomic E-state index is 13.0. The smallest absolute Gasteiger partial charge is 0.228 e. The van der Waals surface area contributed by atoms with E-state index in [1.54, 1.807) is 35.2 Å². The second-order valence-corrected chi connectivity index (χ2v) is 9.56. The largest absolute Gasteiger partial charge is 0.368 e. The fraction of sp³-hybridized carbons (Fsp3) is 0.273. The first-order valence-corrected chi connectivity index (χ1v) is 11.9. The molecule has 0 bridgehead atoms. The third-order valence-corrected chi connectivity index (χ3v) is 7.32. The summed E-state index contributed by atoms with van der Waals surface area (Å²) in [6, 6.07) is 14.3. The molecule has 0 unspecified atom stereocenters. The number of carbonyl (C=O) groups is 1. The van der Waals surface area contributed by atoms with Gasteiger partial charge in [-0.1, -0.05) is 41.6 Å². The Labute approximate surface area is 188 Å². The van der Waals surface area contributed by atoms with Gasteiger partial charge in [0.05, 0.1) is 12.1 Å². The topological polar surface area (TPSA) is 36.4 Å². The minimum absolute atomic E-state index is 0.112. The van der Waals surface area contributed by atoms with Crippen LogP contribution in [0.3, 0.4) is 0 Å². The molecule has 0 spiro atoms. The molecule has 3 aromatic rings. The molecule has 1 saturated heterocycles. The number of halogens is 2. The number of anilines is 1. The summed E-state index contributed by atoms with van der Waals surface area (Å²) >= 11 is 9.24. The van der Waals surface area contributed by atoms with Gasteiger partial charge in [-0.15, -0.1) is 11.3 Å². The zero-order valence-corrected chi connectivity index (χ0v) is 18.7. The standard InChI is InChI=1S/C22H21ClFN3OS2/c23-17-2-1-3-20(12-17)26-8-10-27(11-9-26)21(28)13-19-15-30-22(25-19)29-14-16-4-6-18(24)7-5-16/h1-7,12,15H,8-11,13-14H2. The van der Waals surface area contributed by atoms with Crippen molar-refractivity contribution in [1.82, 2.24) is 9.88 Å². The second-order valence-electron chi connectivity index (χ2n) is 7.04. The lowest BCUT2D eigenvalue weighted by molar-refractivity contribution is -0.130. The maximum atomic E-state index is 13.0. The molecule has 2 heterocycles. The summed E-state index contributed by atoms with van der Waals surface area (Å²) in [5.41, 5.74) is 2.95. The van der Waals surface area contributed by atoms with Crippen LogP contribution in [0.15, 0.2) is 58.3 Å². The molecule has 0 atom stereocenters. The van der Waals surface area contributed by atoms with Gasteiger partial charge in [-0.25, -0.2) is 9.37 Å². The second kappa shape index (κ2) is 9.81. The van der Waals surface area contributed by atoms with Crippen LogP contribution in [-0.2, 0) is 17.0 Å². The Kier molecular flexibility index (Phi) is 6.92. The SMILES string of the molecule is O=C(Cc1csc(SCc2ccc(F)cc2)n1)N1CCN(c2cccc(Cl)c2)CC1. The number of thioether (sulfide) groups is 1. The van der Waals surface area contributed by atoms with Crippen molar-refractivity contribution in [1.29, 1.82) is 0 Å². The van der Waals surface area contributed by atoms with E-state index in [1.807, 2.05) is 34.5 Å². The number of carbonyl (C=O) groups excluding carboxylic acids is 1. The molecule has 0 radical (unpaired) electrons. The highest BCUT2D eigenvalue weighted by Gasteiger charge is 2.22. The van der Waals surface area contributed by atoms with E-state index in [2.05, 4.69) is 9.88 Å². The minimum Gasteiger partial charge on any atom is -0.368 e. The molecule has 30 heavy (non-hydrogen) atoms. The number of aromatic nitrogens is 1. The summed E-state index contributed by atoms with van der Waals surface area (Å²) in [6.45, 7) is 2.98. The maximum Gasteiger partial charge on any atom is 0.228 e. The molecule has 8 heteroatoms. The summed E-state index contributed by atoms with van der Waals surface area (Å²) in [5.74, 6) is 0.612. The zero-order chi connectivity index (χ0) is 20.9. The molecule has 0 N–H and O–H groups in total. The molecule has 1 aliphatic rings. The van der Waals surface area contributed by atoms with E-state index >= 15 is 0 Å². The van der Waals surface area contributed by atoms with Gasteiger partial charge < -0.3 is 9.80 Å². The molecular weight excluding hydrogens is 441 g/mol. The summed E-state index contributed by atoms with van der Waals surface area (Å²) in [4.78, 5) is 21.4. The van der Waals surface area contributed by atoms with Crippen LogP contribution in [0.25, 0.3) is 0 Å². The Bertz CT molecular complexity index is 1000. The van der Waals surface area contributed by atoms with E-state index in [1.165, 1.54) is 12.1 Å². The molecule has 1 aromatic heterocycles. The van der Waals surface area contributed by atoms with Gasteiger partial charge in [0.25, 0.3) is 0 Å². The molecule has 4 rings (SSSR count). The van der Waals surface area contributed by atoms with Crippen molar-refractivity contribution in [3.63, 3.8) is 0 Å². The number of nitrogens with zero attached hydrogens (tertiary/aromatic N) is 3. The van der Waals surface area contributed by atoms with Crippen molar-refractivity contribution in [2.45, 2.75) is 16.5 Å². The monoisotopic (exact) mass is 461 g/mol. The summed E-state index contributed by atoms with van der Waals surface area (Å²) in [5, 5.41) is 2.68. The van der Waals surface area contributed by atoms with Gasteiger partial charge in [-0.2, -0.15) is 0 Å². The number of amides is 1. The first kappa shape index (κ1) is 21.2. The summed E-state index contributed by atoms with van der Waals surface area (Å²) in [6.07, 6.45) is 0.324. The van der Waals surface area contributed by atoms with Gasteiger partial charge in [0.1, 0.15) is 10.2 Å². The predicted molar refractivity (Wildman–Crippen MR) is 122 cm³/mol. The minimum atomic E-state index is -0.229. The van der Waals surface area contributed by atoms with Crippen molar-refractivity contribution in [3.05, 3.63) is 76.0 Å². The summed E-state index contributed by atoms with van der Waals surface area (Å²) < 4.78 is 13.9. The van der Waals surface area contributed by atoms with Crippen molar-refractivity contribution >= 4 is 46.3 Å². The van der Waals surface area contributed by atoms with E-state index < -0.39 is 0 Å². The van der Waals surface area contributed by atoms with E-state index in [0.29, 0.717) is 19.5 Å². The Balaban J connectivity index is 1.26. The number of rotatable bonds is 6. The highest BCUT2D eigenvalue weighted by Crippen LogP contribution is 2.27. The van der Waals surface area contributed by atoms with E-state index in [0.717, 1.165) is 45.1 Å². The van der Waals surface area contributed by atoms with Crippen LogP contribution in [-0.4, -0.2) is 42.0 Å². The Morgan fingerprint density at radius 3 is 2.63 bits per heavy atom. The van der Waals surface area contributed by atoms with Crippen LogP contribution < -0.4 is 4.90 Å². The van der Waals surface area contributed by atoms with Gasteiger partial charge in [0, 0.05) is 48.0 Å². The van der Waals surface area contributed by atoms with E-state index in [4.69, 9.17) is 11.6 Å². The zero-order valence-electron chi connectivity index (χ0n) is 16.3. The average Bonchev–Trinajstić information content (AvgIpc) is 3.21. The molecule has 0 aliphatic carbocycles. The number of hydrogen-bond acceptors (Lipinski definition) is 5. The van der Waals surface area contributed by atoms with Gasteiger partial charge in [0.15, 0.2) is 0 Å². The van der Waals surface area contributed by atoms with Crippen LogP contribution in [0.5, 0.6) is 0 Å². The quantitative estimate of drug-likeness (QED) is 0.477. The highest BCUT2D eigenvalue weighted by atomic mass is 35.5. The molecule has 4 nitrogen and oxygen atoms in total. The number of benzene rings is 2. The molecule has 1 fully saturated rings. The van der Waals surface area contributed by atoms with Gasteiger partial charge in [-0.05, 0) is 35.9 Å². The average molecular weight is 462 g/mol. The number of thiazole rings is 1. The van der Waals surface area contributed by atoms with Crippen molar-refractivity contribution in [2.24, 2.45) is 0 Å². The van der Waals surface area contributed by atoms with Crippen LogP contribution in [0.4, 0.5) is 10.1 Å². The molecule has 2 aromatic carbocycles.